The second-order valence-corrected chi connectivity index (χ2v) is 7.74. The molecule has 1 fully saturated rings. The van der Waals surface area contributed by atoms with Crippen molar-refractivity contribution in [2.24, 2.45) is 5.92 Å². The molecule has 1 atom stereocenters. The third-order valence-corrected chi connectivity index (χ3v) is 3.19. The van der Waals surface area contributed by atoms with Gasteiger partial charge < -0.3 is 20.1 Å². The van der Waals surface area contributed by atoms with E-state index in [0.717, 1.165) is 25.9 Å². The summed E-state index contributed by atoms with van der Waals surface area (Å²) in [5.74, 6) is -0.339. The Morgan fingerprint density at radius 2 is 1.50 bits per heavy atom. The van der Waals surface area contributed by atoms with Gasteiger partial charge in [-0.3, -0.25) is 0 Å². The van der Waals surface area contributed by atoms with Gasteiger partial charge in [0.1, 0.15) is 17.2 Å². The Hall–Kier alpha value is -1.30. The zero-order valence-corrected chi connectivity index (χ0v) is 14.6. The Balaban J connectivity index is 2.77. The summed E-state index contributed by atoms with van der Waals surface area (Å²) in [5, 5.41) is 5.95. The third-order valence-electron chi connectivity index (χ3n) is 3.19. The van der Waals surface area contributed by atoms with Crippen molar-refractivity contribution in [2.75, 3.05) is 13.1 Å². The van der Waals surface area contributed by atoms with Crippen molar-refractivity contribution < 1.29 is 19.1 Å². The number of amides is 1. The van der Waals surface area contributed by atoms with Gasteiger partial charge in [0.15, 0.2) is 0 Å². The molecule has 0 spiro atoms. The van der Waals surface area contributed by atoms with Gasteiger partial charge in [0.25, 0.3) is 0 Å². The van der Waals surface area contributed by atoms with Crippen LogP contribution in [0.4, 0.5) is 4.79 Å². The van der Waals surface area contributed by atoms with Gasteiger partial charge in [0.2, 0.25) is 0 Å². The summed E-state index contributed by atoms with van der Waals surface area (Å²) in [6.45, 7) is 12.5. The van der Waals surface area contributed by atoms with E-state index in [2.05, 4.69) is 10.6 Å². The quantitative estimate of drug-likeness (QED) is 0.781. The molecule has 0 bridgehead atoms. The Morgan fingerprint density at radius 1 is 1.00 bits per heavy atom. The molecule has 22 heavy (non-hydrogen) atoms. The standard InChI is InChI=1S/C16H30N2O4/c1-15(2,3)21-13(19)12(11-7-9-17-10-8-11)18-14(20)22-16(4,5)6/h11-12,17H,7-10H2,1-6H3,(H,18,20). The van der Waals surface area contributed by atoms with E-state index in [4.69, 9.17) is 9.47 Å². The maximum absolute atomic E-state index is 12.4. The average Bonchev–Trinajstić information content (AvgIpc) is 2.32. The van der Waals surface area contributed by atoms with Crippen molar-refractivity contribution in [2.45, 2.75) is 71.6 Å². The topological polar surface area (TPSA) is 76.7 Å². The Bertz CT molecular complexity index is 390. The molecule has 2 N–H and O–H groups in total. The zero-order valence-electron chi connectivity index (χ0n) is 14.6. The lowest BCUT2D eigenvalue weighted by Crippen LogP contribution is -2.52. The minimum absolute atomic E-state index is 0.0589. The number of hydrogen-bond donors (Lipinski definition) is 2. The van der Waals surface area contributed by atoms with Gasteiger partial charge in [-0.1, -0.05) is 0 Å². The summed E-state index contributed by atoms with van der Waals surface area (Å²) < 4.78 is 10.7. The Labute approximate surface area is 133 Å². The van der Waals surface area contributed by atoms with Crippen LogP contribution in [0.15, 0.2) is 0 Å². The van der Waals surface area contributed by atoms with Gasteiger partial charge in [-0.25, -0.2) is 9.59 Å². The lowest BCUT2D eigenvalue weighted by molar-refractivity contribution is -0.159. The minimum Gasteiger partial charge on any atom is -0.458 e. The molecule has 1 heterocycles. The van der Waals surface area contributed by atoms with Crippen molar-refractivity contribution in [3.63, 3.8) is 0 Å². The first-order valence-electron chi connectivity index (χ1n) is 7.91. The van der Waals surface area contributed by atoms with Crippen LogP contribution >= 0.6 is 0 Å². The van der Waals surface area contributed by atoms with Gasteiger partial charge in [-0.05, 0) is 73.4 Å². The van der Waals surface area contributed by atoms with E-state index in [1.165, 1.54) is 0 Å². The summed E-state index contributed by atoms with van der Waals surface area (Å²) in [6.07, 6.45) is 1.06. The average molecular weight is 314 g/mol. The fraction of sp³-hybridized carbons (Fsp3) is 0.875. The van der Waals surface area contributed by atoms with Crippen molar-refractivity contribution in [3.05, 3.63) is 0 Å². The molecule has 6 heteroatoms. The molecule has 1 aliphatic heterocycles. The van der Waals surface area contributed by atoms with Crippen LogP contribution in [-0.4, -0.2) is 42.4 Å². The molecule has 0 radical (unpaired) electrons. The number of carbonyl (C=O) groups excluding carboxylic acids is 2. The van der Waals surface area contributed by atoms with Crippen molar-refractivity contribution in [1.82, 2.24) is 10.6 Å². The molecule has 1 unspecified atom stereocenters. The Kier molecular flexibility index (Phi) is 6.23. The fourth-order valence-electron chi connectivity index (χ4n) is 2.35. The van der Waals surface area contributed by atoms with Crippen LogP contribution in [0.2, 0.25) is 0 Å². The second-order valence-electron chi connectivity index (χ2n) is 7.74. The van der Waals surface area contributed by atoms with E-state index in [1.54, 1.807) is 20.8 Å². The maximum Gasteiger partial charge on any atom is 0.408 e. The fourth-order valence-corrected chi connectivity index (χ4v) is 2.35. The number of hydrogen-bond acceptors (Lipinski definition) is 5. The molecule has 1 aliphatic rings. The number of ether oxygens (including phenoxy) is 2. The molecule has 1 amide bonds. The molecule has 128 valence electrons. The van der Waals surface area contributed by atoms with Crippen molar-refractivity contribution >= 4 is 12.1 Å². The first-order valence-corrected chi connectivity index (χ1v) is 7.91. The monoisotopic (exact) mass is 314 g/mol. The van der Waals surface area contributed by atoms with E-state index in [1.807, 2.05) is 20.8 Å². The number of piperidine rings is 1. The highest BCUT2D eigenvalue weighted by Crippen LogP contribution is 2.20. The van der Waals surface area contributed by atoms with Crippen molar-refractivity contribution in [1.29, 1.82) is 0 Å². The summed E-state index contributed by atoms with van der Waals surface area (Å²) in [7, 11) is 0. The van der Waals surface area contributed by atoms with E-state index in [0.29, 0.717) is 0 Å². The second kappa shape index (κ2) is 7.31. The summed E-state index contributed by atoms with van der Waals surface area (Å²) in [4.78, 5) is 24.5. The molecule has 0 aromatic carbocycles. The van der Waals surface area contributed by atoms with Crippen LogP contribution in [0, 0.1) is 5.92 Å². The van der Waals surface area contributed by atoms with Crippen LogP contribution < -0.4 is 10.6 Å². The molecule has 1 rings (SSSR count). The van der Waals surface area contributed by atoms with Gasteiger partial charge in [0, 0.05) is 0 Å². The van der Waals surface area contributed by atoms with Crippen LogP contribution in [0.5, 0.6) is 0 Å². The van der Waals surface area contributed by atoms with Crippen LogP contribution in [0.3, 0.4) is 0 Å². The SMILES string of the molecule is CC(C)(C)OC(=O)NC(C(=O)OC(C)(C)C)C1CCNCC1. The van der Waals surface area contributed by atoms with Crippen LogP contribution in [-0.2, 0) is 14.3 Å². The summed E-state index contributed by atoms with van der Waals surface area (Å²) in [6, 6.07) is -0.670. The first kappa shape index (κ1) is 18.7. The highest BCUT2D eigenvalue weighted by Gasteiger charge is 2.35. The molecule has 0 aromatic heterocycles. The van der Waals surface area contributed by atoms with Crippen LogP contribution in [0.25, 0.3) is 0 Å². The lowest BCUT2D eigenvalue weighted by Gasteiger charge is -2.32. The predicted octanol–water partition coefficient (Wildman–Crippen LogP) is 2.22. The number of esters is 1. The summed E-state index contributed by atoms with van der Waals surface area (Å²) >= 11 is 0. The zero-order chi connectivity index (χ0) is 17.0. The molecule has 0 saturated carbocycles. The van der Waals surface area contributed by atoms with E-state index >= 15 is 0 Å². The highest BCUT2D eigenvalue weighted by atomic mass is 16.6. The van der Waals surface area contributed by atoms with Crippen LogP contribution in [0.1, 0.15) is 54.4 Å². The highest BCUT2D eigenvalue weighted by molar-refractivity contribution is 5.82. The maximum atomic E-state index is 12.4. The molecule has 0 aliphatic carbocycles. The lowest BCUT2D eigenvalue weighted by atomic mass is 9.90. The molecule has 0 aromatic rings. The van der Waals surface area contributed by atoms with Gasteiger partial charge >= 0.3 is 12.1 Å². The van der Waals surface area contributed by atoms with E-state index in [9.17, 15) is 9.59 Å². The number of carbonyl (C=O) groups is 2. The molecular formula is C16H30N2O4. The summed E-state index contributed by atoms with van der Waals surface area (Å²) in [5.41, 5.74) is -1.19. The molecule has 6 nitrogen and oxygen atoms in total. The normalized spacial score (nSPS) is 18.5. The predicted molar refractivity (Wildman–Crippen MR) is 84.6 cm³/mol. The molecular weight excluding hydrogens is 284 g/mol. The minimum atomic E-state index is -0.670. The number of alkyl carbamates (subject to hydrolysis) is 1. The van der Waals surface area contributed by atoms with E-state index < -0.39 is 29.3 Å². The number of nitrogens with one attached hydrogen (secondary N) is 2. The number of rotatable bonds is 3. The Morgan fingerprint density at radius 3 is 1.95 bits per heavy atom. The van der Waals surface area contributed by atoms with Crippen molar-refractivity contribution in [3.8, 4) is 0 Å². The first-order chi connectivity index (χ1) is 9.98. The van der Waals surface area contributed by atoms with Gasteiger partial charge in [-0.15, -0.1) is 0 Å². The molecule has 1 saturated heterocycles. The van der Waals surface area contributed by atoms with Gasteiger partial charge in [0.05, 0.1) is 0 Å². The smallest absolute Gasteiger partial charge is 0.408 e. The third kappa shape index (κ3) is 7.11. The largest absolute Gasteiger partial charge is 0.458 e. The van der Waals surface area contributed by atoms with E-state index in [-0.39, 0.29) is 5.92 Å². The van der Waals surface area contributed by atoms with Gasteiger partial charge in [-0.2, -0.15) is 0 Å².